The number of allylic oxidation sites excluding steroid dienone is 1. The van der Waals surface area contributed by atoms with Crippen molar-refractivity contribution in [1.29, 1.82) is 0 Å². The summed E-state index contributed by atoms with van der Waals surface area (Å²) in [5.41, 5.74) is 9.07. The zero-order chi connectivity index (χ0) is 21.1. The summed E-state index contributed by atoms with van der Waals surface area (Å²) >= 11 is 0. The molecule has 1 aliphatic heterocycles. The Labute approximate surface area is 178 Å². The van der Waals surface area contributed by atoms with Crippen LogP contribution in [0, 0.1) is 11.8 Å². The van der Waals surface area contributed by atoms with Gasteiger partial charge < -0.3 is 25.3 Å². The molecule has 1 aromatic heterocycles. The predicted molar refractivity (Wildman–Crippen MR) is 122 cm³/mol. The molecule has 30 heavy (non-hydrogen) atoms. The van der Waals surface area contributed by atoms with Crippen LogP contribution in [0.2, 0.25) is 0 Å². The van der Waals surface area contributed by atoms with Gasteiger partial charge in [-0.2, -0.15) is 0 Å². The Morgan fingerprint density at radius 2 is 2.07 bits per heavy atom. The van der Waals surface area contributed by atoms with Crippen molar-refractivity contribution in [2.45, 2.75) is 38.0 Å². The van der Waals surface area contributed by atoms with Crippen molar-refractivity contribution in [3.05, 3.63) is 41.9 Å². The lowest BCUT2D eigenvalue weighted by molar-refractivity contribution is 0.146. The molecule has 0 bridgehead atoms. The molecule has 0 spiro atoms. The van der Waals surface area contributed by atoms with Gasteiger partial charge in [0.05, 0.1) is 7.11 Å². The first-order chi connectivity index (χ1) is 14.5. The van der Waals surface area contributed by atoms with Crippen LogP contribution in [0.4, 0.5) is 0 Å². The highest BCUT2D eigenvalue weighted by Gasteiger charge is 2.38. The Kier molecular flexibility index (Phi) is 6.01. The summed E-state index contributed by atoms with van der Waals surface area (Å²) in [7, 11) is 5.74. The molecule has 2 heterocycles. The average Bonchev–Trinajstić information content (AvgIpc) is 3.16. The Bertz CT molecular complexity index is 925. The fourth-order valence-electron chi connectivity index (χ4n) is 4.63. The molecule has 1 fully saturated rings. The summed E-state index contributed by atoms with van der Waals surface area (Å²) in [5, 5.41) is 8.32. The fourth-order valence-corrected chi connectivity index (χ4v) is 4.63. The number of nitrogens with zero attached hydrogens (tertiary/aromatic N) is 2. The molecular weight excluding hydrogens is 376 g/mol. The number of aromatic amines is 1. The molecule has 1 aromatic carbocycles. The van der Waals surface area contributed by atoms with Gasteiger partial charge in [0, 0.05) is 49.9 Å². The van der Waals surface area contributed by atoms with Gasteiger partial charge in [0.2, 0.25) is 0 Å². The van der Waals surface area contributed by atoms with E-state index in [0.717, 1.165) is 43.0 Å². The number of H-pyrrole nitrogens is 1. The minimum Gasteiger partial charge on any atom is -0.497 e. The second kappa shape index (κ2) is 8.70. The van der Waals surface area contributed by atoms with E-state index < -0.39 is 5.79 Å². The van der Waals surface area contributed by atoms with Gasteiger partial charge in [-0.15, -0.1) is 0 Å². The molecule has 0 radical (unpaired) electrons. The number of methoxy groups -OCH3 is 1. The fraction of sp³-hybridized carbons (Fsp3) is 0.522. The first kappa shape index (κ1) is 20.8. The van der Waals surface area contributed by atoms with E-state index in [4.69, 9.17) is 10.5 Å². The molecule has 7 heteroatoms. The minimum absolute atomic E-state index is 0.356. The molecule has 2 aliphatic rings. The maximum absolute atomic E-state index is 6.64. The molecule has 1 saturated carbocycles. The van der Waals surface area contributed by atoms with Crippen LogP contribution < -0.4 is 21.1 Å². The van der Waals surface area contributed by atoms with Crippen molar-refractivity contribution in [3.8, 4) is 5.75 Å². The number of rotatable bonds is 7. The van der Waals surface area contributed by atoms with E-state index in [-0.39, 0.29) is 0 Å². The van der Waals surface area contributed by atoms with E-state index in [1.165, 1.54) is 23.8 Å². The molecule has 0 saturated heterocycles. The number of aromatic nitrogens is 1. The van der Waals surface area contributed by atoms with Crippen LogP contribution in [-0.4, -0.2) is 49.6 Å². The van der Waals surface area contributed by atoms with Crippen LogP contribution in [0.1, 0.15) is 31.2 Å². The lowest BCUT2D eigenvalue weighted by Gasteiger charge is -2.42. The van der Waals surface area contributed by atoms with Gasteiger partial charge in [0.1, 0.15) is 11.6 Å². The van der Waals surface area contributed by atoms with Gasteiger partial charge in [-0.1, -0.05) is 0 Å². The smallest absolute Gasteiger partial charge is 0.186 e. The summed E-state index contributed by atoms with van der Waals surface area (Å²) in [4.78, 5) is 9.98. The average molecular weight is 411 g/mol. The van der Waals surface area contributed by atoms with Crippen LogP contribution in [0.3, 0.4) is 0 Å². The molecule has 0 amide bonds. The van der Waals surface area contributed by atoms with Gasteiger partial charge in [0.15, 0.2) is 5.79 Å². The maximum atomic E-state index is 6.64. The van der Waals surface area contributed by atoms with E-state index in [0.29, 0.717) is 11.8 Å². The normalized spacial score (nSPS) is 26.3. The highest BCUT2D eigenvalue weighted by Crippen LogP contribution is 2.35. The molecule has 1 atom stereocenters. The van der Waals surface area contributed by atoms with Gasteiger partial charge in [-0.3, -0.25) is 10.7 Å². The van der Waals surface area contributed by atoms with Crippen molar-refractivity contribution in [2.24, 2.45) is 22.6 Å². The zero-order valence-corrected chi connectivity index (χ0v) is 18.2. The number of ether oxygens (including phenoxy) is 1. The second-order valence-electron chi connectivity index (χ2n) is 8.75. The molecule has 4 rings (SSSR count). The summed E-state index contributed by atoms with van der Waals surface area (Å²) in [6.45, 7) is 1.89. The number of nitrogens with two attached hydrogens (primary N) is 1. The number of benzene rings is 1. The summed E-state index contributed by atoms with van der Waals surface area (Å²) in [6.07, 6.45) is 10.5. The molecular formula is C23H34N6O. The van der Waals surface area contributed by atoms with Crippen LogP contribution in [-0.2, 0) is 6.54 Å². The van der Waals surface area contributed by atoms with Gasteiger partial charge in [-0.25, -0.2) is 0 Å². The molecule has 1 unspecified atom stereocenters. The molecule has 162 valence electrons. The van der Waals surface area contributed by atoms with E-state index >= 15 is 0 Å². The van der Waals surface area contributed by atoms with Crippen LogP contribution >= 0.6 is 0 Å². The highest BCUT2D eigenvalue weighted by molar-refractivity contribution is 5.84. The van der Waals surface area contributed by atoms with Crippen molar-refractivity contribution < 1.29 is 4.74 Å². The van der Waals surface area contributed by atoms with Crippen LogP contribution in [0.25, 0.3) is 10.9 Å². The second-order valence-corrected chi connectivity index (χ2v) is 8.75. The monoisotopic (exact) mass is 410 g/mol. The highest BCUT2D eigenvalue weighted by atomic mass is 16.5. The molecule has 2 aromatic rings. The summed E-state index contributed by atoms with van der Waals surface area (Å²) in [6, 6.07) is 6.16. The quantitative estimate of drug-likeness (QED) is 0.564. The first-order valence-electron chi connectivity index (χ1n) is 10.8. The standard InChI is InChI=1S/C23H34N6O/c1-29(2)22-10-11-27-23(24,28-22)18-6-4-16(5-7-18)13-25-14-17-15-26-21-9-8-19(30-3)12-20(17)21/h8-12,15-16,18,25-26,28H,4-7,13-14,24H2,1-3H3. The molecule has 7 nitrogen and oxygen atoms in total. The summed E-state index contributed by atoms with van der Waals surface area (Å²) in [5.74, 6) is 2.27. The SMILES string of the molecule is COc1ccc2[nH]cc(CNCC3CCC(C4(N)N=CC=C(N(C)C)N4)CC3)c2c1. The Morgan fingerprint density at radius 1 is 1.27 bits per heavy atom. The third kappa shape index (κ3) is 4.32. The van der Waals surface area contributed by atoms with E-state index in [1.54, 1.807) is 7.11 Å². The lowest BCUT2D eigenvalue weighted by atomic mass is 9.78. The zero-order valence-electron chi connectivity index (χ0n) is 18.2. The number of hydrogen-bond donors (Lipinski definition) is 4. The predicted octanol–water partition coefficient (Wildman–Crippen LogP) is 2.76. The number of fused-ring (bicyclic) bond motifs is 1. The van der Waals surface area contributed by atoms with Crippen molar-refractivity contribution >= 4 is 17.1 Å². The Morgan fingerprint density at radius 3 is 2.80 bits per heavy atom. The van der Waals surface area contributed by atoms with Crippen molar-refractivity contribution in [1.82, 2.24) is 20.5 Å². The third-order valence-electron chi connectivity index (χ3n) is 6.52. The number of nitrogens with one attached hydrogen (secondary N) is 3. The maximum Gasteiger partial charge on any atom is 0.186 e. The first-order valence-corrected chi connectivity index (χ1v) is 10.8. The van der Waals surface area contributed by atoms with Gasteiger partial charge in [0.25, 0.3) is 0 Å². The third-order valence-corrected chi connectivity index (χ3v) is 6.52. The topological polar surface area (TPSA) is 90.7 Å². The Hall–Kier alpha value is -2.51. The molecule has 1 aliphatic carbocycles. The van der Waals surface area contributed by atoms with Crippen LogP contribution in [0.5, 0.6) is 5.75 Å². The van der Waals surface area contributed by atoms with E-state index in [1.807, 2.05) is 37.4 Å². The van der Waals surface area contributed by atoms with Gasteiger partial charge >= 0.3 is 0 Å². The van der Waals surface area contributed by atoms with Crippen LogP contribution in [0.15, 0.2) is 41.3 Å². The number of hydrogen-bond acceptors (Lipinski definition) is 6. The van der Waals surface area contributed by atoms with Crippen molar-refractivity contribution in [3.63, 3.8) is 0 Å². The largest absolute Gasteiger partial charge is 0.497 e. The van der Waals surface area contributed by atoms with E-state index in [2.05, 4.69) is 38.9 Å². The van der Waals surface area contributed by atoms with Gasteiger partial charge in [-0.05, 0) is 68.0 Å². The molecule has 5 N–H and O–H groups in total. The summed E-state index contributed by atoms with van der Waals surface area (Å²) < 4.78 is 5.37. The number of aliphatic imine (C=N–C) groups is 1. The minimum atomic E-state index is -0.685. The van der Waals surface area contributed by atoms with E-state index in [9.17, 15) is 0 Å². The lowest BCUT2D eigenvalue weighted by Crippen LogP contribution is -2.60. The van der Waals surface area contributed by atoms with Crippen molar-refractivity contribution in [2.75, 3.05) is 27.7 Å². The Balaban J connectivity index is 1.27.